The number of nitrogens with zero attached hydrogens (tertiary/aromatic N) is 1. The van der Waals surface area contributed by atoms with Crippen LogP contribution in [0.25, 0.3) is 0 Å². The Kier molecular flexibility index (Phi) is 2.85. The molecule has 0 aromatic carbocycles. The quantitative estimate of drug-likeness (QED) is 0.689. The van der Waals surface area contributed by atoms with Gasteiger partial charge in [0, 0.05) is 6.07 Å². The van der Waals surface area contributed by atoms with Gasteiger partial charge in [-0.25, -0.2) is 9.59 Å². The minimum absolute atomic E-state index is 0.115. The highest BCUT2D eigenvalue weighted by Gasteiger charge is 2.05. The fraction of sp³-hybridized carbons (Fsp3) is 0. The van der Waals surface area contributed by atoms with Crippen molar-refractivity contribution in [2.24, 2.45) is 0 Å². The van der Waals surface area contributed by atoms with Gasteiger partial charge in [0.1, 0.15) is 0 Å². The van der Waals surface area contributed by atoms with E-state index in [2.05, 4.69) is 14.5 Å². The zero-order chi connectivity index (χ0) is 10.6. The van der Waals surface area contributed by atoms with Gasteiger partial charge in [-0.2, -0.15) is 0 Å². The number of hydrogen-bond acceptors (Lipinski definition) is 5. The van der Waals surface area contributed by atoms with Crippen molar-refractivity contribution >= 4 is 12.3 Å². The average molecular weight is 199 g/mol. The van der Waals surface area contributed by atoms with Crippen molar-refractivity contribution in [3.63, 3.8) is 0 Å². The highest BCUT2D eigenvalue weighted by atomic mass is 16.7. The summed E-state index contributed by atoms with van der Waals surface area (Å²) in [4.78, 5) is 23.7. The standard InChI is InChI=1S/C7H5NO6/c9-6(10)13-4-1-5(3-8-2-4)14-7(11)12/h1-3H,(H,9,10)(H,11,12). The first kappa shape index (κ1) is 9.78. The Bertz CT molecular complexity index is 332. The first-order valence-electron chi connectivity index (χ1n) is 3.34. The SMILES string of the molecule is O=C(O)Oc1cncc(OC(=O)O)c1. The van der Waals surface area contributed by atoms with E-state index < -0.39 is 12.3 Å². The zero-order valence-corrected chi connectivity index (χ0v) is 6.71. The van der Waals surface area contributed by atoms with Crippen LogP contribution < -0.4 is 9.47 Å². The van der Waals surface area contributed by atoms with E-state index in [0.29, 0.717) is 0 Å². The van der Waals surface area contributed by atoms with Crippen LogP contribution in [0.15, 0.2) is 18.5 Å². The minimum Gasteiger partial charge on any atom is -0.449 e. The van der Waals surface area contributed by atoms with E-state index in [1.807, 2.05) is 0 Å². The molecule has 0 bridgehead atoms. The van der Waals surface area contributed by atoms with Gasteiger partial charge in [-0.1, -0.05) is 0 Å². The van der Waals surface area contributed by atoms with Crippen molar-refractivity contribution in [2.45, 2.75) is 0 Å². The van der Waals surface area contributed by atoms with Gasteiger partial charge in [0.05, 0.1) is 12.4 Å². The molecule has 0 saturated carbocycles. The summed E-state index contributed by atoms with van der Waals surface area (Å²) in [6.45, 7) is 0. The van der Waals surface area contributed by atoms with E-state index in [4.69, 9.17) is 10.2 Å². The summed E-state index contributed by atoms with van der Waals surface area (Å²) in [6, 6.07) is 1.09. The molecule has 1 heterocycles. The Morgan fingerprint density at radius 3 is 1.86 bits per heavy atom. The third-order valence-electron chi connectivity index (χ3n) is 1.10. The molecule has 0 unspecified atom stereocenters. The molecule has 0 radical (unpaired) electrons. The van der Waals surface area contributed by atoms with E-state index in [0.717, 1.165) is 18.5 Å². The Labute approximate surface area is 77.5 Å². The maximum Gasteiger partial charge on any atom is 0.511 e. The maximum atomic E-state index is 10.1. The topological polar surface area (TPSA) is 106 Å². The third kappa shape index (κ3) is 2.97. The normalized spacial score (nSPS) is 9.14. The number of pyridine rings is 1. The van der Waals surface area contributed by atoms with Gasteiger partial charge in [-0.3, -0.25) is 4.98 Å². The molecule has 1 aromatic rings. The van der Waals surface area contributed by atoms with E-state index in [9.17, 15) is 9.59 Å². The van der Waals surface area contributed by atoms with Crippen molar-refractivity contribution in [3.05, 3.63) is 18.5 Å². The Morgan fingerprint density at radius 1 is 1.07 bits per heavy atom. The fourth-order valence-electron chi connectivity index (χ4n) is 0.712. The monoisotopic (exact) mass is 199 g/mol. The molecule has 74 valence electrons. The Balaban J connectivity index is 2.78. The van der Waals surface area contributed by atoms with E-state index >= 15 is 0 Å². The second-order valence-electron chi connectivity index (χ2n) is 2.09. The van der Waals surface area contributed by atoms with Crippen LogP contribution >= 0.6 is 0 Å². The highest BCUT2D eigenvalue weighted by Crippen LogP contribution is 2.17. The highest BCUT2D eigenvalue weighted by molar-refractivity contribution is 5.63. The van der Waals surface area contributed by atoms with Crippen molar-refractivity contribution in [2.75, 3.05) is 0 Å². The lowest BCUT2D eigenvalue weighted by Gasteiger charge is -2.01. The maximum absolute atomic E-state index is 10.1. The lowest BCUT2D eigenvalue weighted by atomic mass is 10.4. The summed E-state index contributed by atoms with van der Waals surface area (Å²) in [6.07, 6.45) is -0.801. The summed E-state index contributed by atoms with van der Waals surface area (Å²) < 4.78 is 8.44. The number of aromatic nitrogens is 1. The molecule has 0 amide bonds. The molecule has 0 saturated heterocycles. The van der Waals surface area contributed by atoms with Crippen LogP contribution in [-0.2, 0) is 0 Å². The number of rotatable bonds is 2. The van der Waals surface area contributed by atoms with Crippen molar-refractivity contribution in [1.82, 2.24) is 4.98 Å². The molecule has 0 aliphatic carbocycles. The van der Waals surface area contributed by atoms with Gasteiger partial charge >= 0.3 is 12.3 Å². The molecule has 0 fully saturated rings. The Morgan fingerprint density at radius 2 is 1.50 bits per heavy atom. The van der Waals surface area contributed by atoms with Crippen LogP contribution in [0.3, 0.4) is 0 Å². The van der Waals surface area contributed by atoms with Crippen molar-refractivity contribution < 1.29 is 29.3 Å². The van der Waals surface area contributed by atoms with Gasteiger partial charge in [-0.05, 0) is 0 Å². The van der Waals surface area contributed by atoms with Crippen LogP contribution in [0.4, 0.5) is 9.59 Å². The second-order valence-corrected chi connectivity index (χ2v) is 2.09. The average Bonchev–Trinajstić information content (AvgIpc) is 2.01. The lowest BCUT2D eigenvalue weighted by Crippen LogP contribution is -2.05. The molecule has 2 N–H and O–H groups in total. The fourth-order valence-corrected chi connectivity index (χ4v) is 0.712. The number of ether oxygens (including phenoxy) is 2. The predicted molar refractivity (Wildman–Crippen MR) is 41.5 cm³/mol. The molecule has 0 atom stereocenters. The summed E-state index contributed by atoms with van der Waals surface area (Å²) in [7, 11) is 0. The van der Waals surface area contributed by atoms with Crippen LogP contribution in [0.2, 0.25) is 0 Å². The van der Waals surface area contributed by atoms with Crippen molar-refractivity contribution in [3.8, 4) is 11.5 Å². The van der Waals surface area contributed by atoms with Gasteiger partial charge in [0.15, 0.2) is 11.5 Å². The van der Waals surface area contributed by atoms with Crippen LogP contribution in [-0.4, -0.2) is 27.5 Å². The van der Waals surface area contributed by atoms with Crippen molar-refractivity contribution in [1.29, 1.82) is 0 Å². The molecular formula is C7H5NO6. The summed E-state index contributed by atoms with van der Waals surface area (Å²) >= 11 is 0. The lowest BCUT2D eigenvalue weighted by molar-refractivity contribution is 0.142. The first-order valence-corrected chi connectivity index (χ1v) is 3.34. The van der Waals surface area contributed by atoms with Gasteiger partial charge < -0.3 is 19.7 Å². The second kappa shape index (κ2) is 4.08. The molecule has 7 nitrogen and oxygen atoms in total. The zero-order valence-electron chi connectivity index (χ0n) is 6.71. The van der Waals surface area contributed by atoms with E-state index in [1.54, 1.807) is 0 Å². The molecule has 7 heteroatoms. The number of hydrogen-bond donors (Lipinski definition) is 2. The summed E-state index contributed by atoms with van der Waals surface area (Å²) in [5, 5.41) is 16.5. The molecule has 14 heavy (non-hydrogen) atoms. The van der Waals surface area contributed by atoms with Crippen LogP contribution in [0.5, 0.6) is 11.5 Å². The summed E-state index contributed by atoms with van der Waals surface area (Å²) in [5.41, 5.74) is 0. The molecule has 1 aromatic heterocycles. The largest absolute Gasteiger partial charge is 0.511 e. The van der Waals surface area contributed by atoms with Crippen LogP contribution in [0.1, 0.15) is 0 Å². The molecular weight excluding hydrogens is 194 g/mol. The first-order chi connectivity index (χ1) is 6.58. The predicted octanol–water partition coefficient (Wildman–Crippen LogP) is 1.20. The van der Waals surface area contributed by atoms with E-state index in [1.165, 1.54) is 0 Å². The molecule has 0 aliphatic rings. The smallest absolute Gasteiger partial charge is 0.449 e. The summed E-state index contributed by atoms with van der Waals surface area (Å²) in [5.74, 6) is -0.229. The molecule has 0 spiro atoms. The molecule has 0 aliphatic heterocycles. The molecule has 1 rings (SSSR count). The number of carboxylic acid groups (broad SMARTS) is 2. The van der Waals surface area contributed by atoms with Gasteiger partial charge in [-0.15, -0.1) is 0 Å². The van der Waals surface area contributed by atoms with E-state index in [-0.39, 0.29) is 11.5 Å². The minimum atomic E-state index is -1.51. The van der Waals surface area contributed by atoms with Gasteiger partial charge in [0.2, 0.25) is 0 Å². The van der Waals surface area contributed by atoms with Gasteiger partial charge in [0.25, 0.3) is 0 Å². The van der Waals surface area contributed by atoms with Crippen LogP contribution in [0, 0.1) is 0 Å². The Hall–Kier alpha value is -2.31. The number of carbonyl (C=O) groups is 2. The third-order valence-corrected chi connectivity index (χ3v) is 1.10.